The molecule has 0 heterocycles. The van der Waals surface area contributed by atoms with Crippen LogP contribution in [0.25, 0.3) is 6.08 Å². The van der Waals surface area contributed by atoms with Gasteiger partial charge in [0, 0.05) is 6.08 Å². The summed E-state index contributed by atoms with van der Waals surface area (Å²) in [4.78, 5) is 11.8. The Labute approximate surface area is 149 Å². The molecule has 0 aliphatic heterocycles. The van der Waals surface area contributed by atoms with Crippen LogP contribution in [-0.2, 0) is 4.79 Å². The Morgan fingerprint density at radius 1 is 0.920 bits per heavy atom. The van der Waals surface area contributed by atoms with Crippen LogP contribution in [-0.4, -0.2) is 19.7 Å². The first-order chi connectivity index (χ1) is 12.2. The Morgan fingerprint density at radius 2 is 1.56 bits per heavy atom. The van der Waals surface area contributed by atoms with Gasteiger partial charge in [-0.05, 0) is 54.5 Å². The van der Waals surface area contributed by atoms with E-state index in [1.54, 1.807) is 37.5 Å². The Morgan fingerprint density at radius 3 is 2.20 bits per heavy atom. The monoisotopic (exact) mass is 340 g/mol. The van der Waals surface area contributed by atoms with Gasteiger partial charge in [0.25, 0.3) is 0 Å². The third-order valence-electron chi connectivity index (χ3n) is 3.59. The Hall–Kier alpha value is -2.75. The van der Waals surface area contributed by atoms with E-state index >= 15 is 0 Å². The van der Waals surface area contributed by atoms with Gasteiger partial charge >= 0.3 is 5.97 Å². The lowest BCUT2D eigenvalue weighted by Gasteiger charge is -2.05. The molecule has 4 heteroatoms. The predicted octanol–water partition coefficient (Wildman–Crippen LogP) is 4.88. The zero-order chi connectivity index (χ0) is 17.9. The van der Waals surface area contributed by atoms with Crippen LogP contribution in [0.3, 0.4) is 0 Å². The summed E-state index contributed by atoms with van der Waals surface area (Å²) < 4.78 is 16.0. The number of carbonyl (C=O) groups is 1. The molecule has 0 aromatic heterocycles. The number of carbonyl (C=O) groups excluding carboxylic acids is 1. The van der Waals surface area contributed by atoms with Crippen LogP contribution in [0, 0.1) is 0 Å². The zero-order valence-corrected chi connectivity index (χ0v) is 14.7. The molecule has 2 aromatic carbocycles. The third kappa shape index (κ3) is 6.71. The van der Waals surface area contributed by atoms with Gasteiger partial charge in [0.2, 0.25) is 0 Å². The zero-order valence-electron chi connectivity index (χ0n) is 14.7. The van der Waals surface area contributed by atoms with E-state index in [2.05, 4.69) is 6.92 Å². The molecule has 25 heavy (non-hydrogen) atoms. The van der Waals surface area contributed by atoms with Gasteiger partial charge in [0.1, 0.15) is 17.2 Å². The van der Waals surface area contributed by atoms with Crippen molar-refractivity contribution in [2.75, 3.05) is 13.7 Å². The van der Waals surface area contributed by atoms with Crippen molar-refractivity contribution in [1.82, 2.24) is 0 Å². The summed E-state index contributed by atoms with van der Waals surface area (Å²) in [5.41, 5.74) is 0.910. The highest BCUT2D eigenvalue weighted by Gasteiger charge is 2.01. The molecule has 0 fully saturated rings. The molecule has 0 aliphatic rings. The molecular weight excluding hydrogens is 316 g/mol. The second kappa shape index (κ2) is 10.2. The van der Waals surface area contributed by atoms with Gasteiger partial charge in [0.05, 0.1) is 13.7 Å². The van der Waals surface area contributed by atoms with E-state index in [4.69, 9.17) is 14.2 Å². The van der Waals surface area contributed by atoms with Gasteiger partial charge in [0.15, 0.2) is 0 Å². The SMILES string of the molecule is CCCCCOc1ccc(/C=C/C(=O)Oc2ccc(OC)cc2)cc1. The number of unbranched alkanes of at least 4 members (excludes halogenated alkanes) is 2. The smallest absolute Gasteiger partial charge is 0.336 e. The number of methoxy groups -OCH3 is 1. The number of hydrogen-bond acceptors (Lipinski definition) is 4. The third-order valence-corrected chi connectivity index (χ3v) is 3.59. The molecule has 0 unspecified atom stereocenters. The molecule has 0 aliphatic carbocycles. The van der Waals surface area contributed by atoms with Crippen LogP contribution < -0.4 is 14.2 Å². The minimum atomic E-state index is -0.426. The molecule has 132 valence electrons. The number of ether oxygens (including phenoxy) is 3. The standard InChI is InChI=1S/C21H24O4/c1-3-4-5-16-24-19-9-6-17(7-10-19)8-15-21(22)25-20-13-11-18(23-2)12-14-20/h6-15H,3-5,16H2,1-2H3/b15-8+. The van der Waals surface area contributed by atoms with E-state index in [0.29, 0.717) is 11.5 Å². The van der Waals surface area contributed by atoms with Crippen molar-refractivity contribution in [3.63, 3.8) is 0 Å². The molecule has 0 amide bonds. The van der Waals surface area contributed by atoms with Crippen LogP contribution in [0.1, 0.15) is 31.7 Å². The molecule has 0 saturated carbocycles. The lowest BCUT2D eigenvalue weighted by Crippen LogP contribution is -2.03. The first-order valence-corrected chi connectivity index (χ1v) is 8.48. The fourth-order valence-corrected chi connectivity index (χ4v) is 2.18. The Balaban J connectivity index is 1.82. The highest BCUT2D eigenvalue weighted by Crippen LogP contribution is 2.18. The predicted molar refractivity (Wildman–Crippen MR) is 99.1 cm³/mol. The molecule has 2 rings (SSSR count). The molecular formula is C21H24O4. The van der Waals surface area contributed by atoms with Gasteiger partial charge in [-0.2, -0.15) is 0 Å². The van der Waals surface area contributed by atoms with Crippen LogP contribution >= 0.6 is 0 Å². The van der Waals surface area contributed by atoms with Crippen molar-refractivity contribution >= 4 is 12.0 Å². The molecule has 0 atom stereocenters. The van der Waals surface area contributed by atoms with Crippen LogP contribution in [0.15, 0.2) is 54.6 Å². The Bertz CT molecular complexity index is 672. The second-order valence-electron chi connectivity index (χ2n) is 5.55. The highest BCUT2D eigenvalue weighted by atomic mass is 16.5. The van der Waals surface area contributed by atoms with Crippen molar-refractivity contribution in [3.05, 3.63) is 60.2 Å². The largest absolute Gasteiger partial charge is 0.497 e. The van der Waals surface area contributed by atoms with E-state index in [0.717, 1.165) is 24.3 Å². The van der Waals surface area contributed by atoms with Crippen LogP contribution in [0.4, 0.5) is 0 Å². The molecule has 0 saturated heterocycles. The summed E-state index contributed by atoms with van der Waals surface area (Å²) in [6, 6.07) is 14.5. The lowest BCUT2D eigenvalue weighted by molar-refractivity contribution is -0.128. The number of hydrogen-bond donors (Lipinski definition) is 0. The fraction of sp³-hybridized carbons (Fsp3) is 0.286. The first-order valence-electron chi connectivity index (χ1n) is 8.48. The molecule has 0 radical (unpaired) electrons. The average molecular weight is 340 g/mol. The fourth-order valence-electron chi connectivity index (χ4n) is 2.18. The molecule has 4 nitrogen and oxygen atoms in total. The summed E-state index contributed by atoms with van der Waals surface area (Å²) in [6.07, 6.45) is 6.54. The normalized spacial score (nSPS) is 10.6. The van der Waals surface area contributed by atoms with Crippen LogP contribution in [0.5, 0.6) is 17.2 Å². The highest BCUT2D eigenvalue weighted by molar-refractivity contribution is 5.88. The Kier molecular flexibility index (Phi) is 7.57. The van der Waals surface area contributed by atoms with Gasteiger partial charge in [-0.1, -0.05) is 31.9 Å². The molecule has 0 spiro atoms. The first kappa shape index (κ1) is 18.6. The summed E-state index contributed by atoms with van der Waals surface area (Å²) in [5.74, 6) is 1.61. The summed E-state index contributed by atoms with van der Waals surface area (Å²) >= 11 is 0. The molecule has 0 bridgehead atoms. The van der Waals surface area contributed by atoms with Gasteiger partial charge in [-0.15, -0.1) is 0 Å². The maximum atomic E-state index is 11.8. The van der Waals surface area contributed by atoms with Gasteiger partial charge < -0.3 is 14.2 Å². The van der Waals surface area contributed by atoms with Gasteiger partial charge in [-0.25, -0.2) is 4.79 Å². The maximum Gasteiger partial charge on any atom is 0.336 e. The van der Waals surface area contributed by atoms with Crippen molar-refractivity contribution in [3.8, 4) is 17.2 Å². The van der Waals surface area contributed by atoms with E-state index in [9.17, 15) is 4.79 Å². The number of benzene rings is 2. The number of rotatable bonds is 9. The average Bonchev–Trinajstić information content (AvgIpc) is 2.65. The quantitative estimate of drug-likeness (QED) is 0.282. The number of esters is 1. The van der Waals surface area contributed by atoms with E-state index < -0.39 is 5.97 Å². The van der Waals surface area contributed by atoms with Crippen molar-refractivity contribution in [2.24, 2.45) is 0 Å². The molecule has 0 N–H and O–H groups in total. The lowest BCUT2D eigenvalue weighted by atomic mass is 10.2. The maximum absolute atomic E-state index is 11.8. The topological polar surface area (TPSA) is 44.8 Å². The molecule has 2 aromatic rings. The summed E-state index contributed by atoms with van der Waals surface area (Å²) in [5, 5.41) is 0. The summed E-state index contributed by atoms with van der Waals surface area (Å²) in [7, 11) is 1.59. The minimum Gasteiger partial charge on any atom is -0.497 e. The van der Waals surface area contributed by atoms with Gasteiger partial charge in [-0.3, -0.25) is 0 Å². The van der Waals surface area contributed by atoms with Crippen molar-refractivity contribution in [1.29, 1.82) is 0 Å². The van der Waals surface area contributed by atoms with E-state index in [1.807, 2.05) is 24.3 Å². The minimum absolute atomic E-state index is 0.426. The van der Waals surface area contributed by atoms with Crippen LogP contribution in [0.2, 0.25) is 0 Å². The summed E-state index contributed by atoms with van der Waals surface area (Å²) in [6.45, 7) is 2.90. The van der Waals surface area contributed by atoms with E-state index in [1.165, 1.54) is 18.9 Å². The van der Waals surface area contributed by atoms with Crippen molar-refractivity contribution < 1.29 is 19.0 Å². The van der Waals surface area contributed by atoms with E-state index in [-0.39, 0.29) is 0 Å². The second-order valence-corrected chi connectivity index (χ2v) is 5.55. The van der Waals surface area contributed by atoms with Crippen molar-refractivity contribution in [2.45, 2.75) is 26.2 Å².